The summed E-state index contributed by atoms with van der Waals surface area (Å²) in [6.07, 6.45) is 0. The number of rotatable bonds is 2. The normalized spacial score (nSPS) is 23.7. The zero-order valence-electron chi connectivity index (χ0n) is 17.1. The lowest BCUT2D eigenvalue weighted by Crippen LogP contribution is -2.53. The highest BCUT2D eigenvalue weighted by Crippen LogP contribution is 2.61. The summed E-state index contributed by atoms with van der Waals surface area (Å²) in [6.45, 7) is 4.27. The summed E-state index contributed by atoms with van der Waals surface area (Å²) >= 11 is 0. The number of fused-ring (bicyclic) bond motifs is 1. The van der Waals surface area contributed by atoms with Gasteiger partial charge in [0.15, 0.2) is 11.2 Å². The molecule has 2 heterocycles. The third-order valence-electron chi connectivity index (χ3n) is 6.71. The molecule has 2 aliphatic heterocycles. The molecule has 2 nitrogen and oxygen atoms in total. The summed E-state index contributed by atoms with van der Waals surface area (Å²) in [4.78, 5) is 13.0. The van der Waals surface area contributed by atoms with Gasteiger partial charge in [0.1, 0.15) is 0 Å². The zero-order chi connectivity index (χ0) is 20.3. The summed E-state index contributed by atoms with van der Waals surface area (Å²) in [5, 5.41) is 0. The van der Waals surface area contributed by atoms with Gasteiger partial charge in [0.2, 0.25) is 0 Å². The molecule has 0 saturated heterocycles. The minimum Gasteiger partial charge on any atom is -0.214 e. The fourth-order valence-corrected chi connectivity index (χ4v) is 5.39. The van der Waals surface area contributed by atoms with Crippen LogP contribution in [0.25, 0.3) is 0 Å². The minimum absolute atomic E-state index is 0.789. The topological polar surface area (TPSA) is 18.5 Å². The average molecular weight is 390 g/mol. The van der Waals surface area contributed by atoms with E-state index in [1.807, 2.05) is 0 Å². The molecule has 4 aromatic rings. The first-order valence-electron chi connectivity index (χ1n) is 10.4. The highest BCUT2D eigenvalue weighted by atomic mass is 17.2. The fourth-order valence-electron chi connectivity index (χ4n) is 5.39. The van der Waals surface area contributed by atoms with Gasteiger partial charge in [0, 0.05) is 22.3 Å². The molecule has 0 aromatic heterocycles. The Balaban J connectivity index is 1.79. The van der Waals surface area contributed by atoms with Crippen molar-refractivity contribution in [3.05, 3.63) is 142 Å². The van der Waals surface area contributed by atoms with Crippen LogP contribution in [0.5, 0.6) is 0 Å². The lowest BCUT2D eigenvalue weighted by atomic mass is 9.62. The van der Waals surface area contributed by atoms with Gasteiger partial charge in [-0.2, -0.15) is 0 Å². The van der Waals surface area contributed by atoms with Crippen molar-refractivity contribution in [2.24, 2.45) is 0 Å². The fraction of sp³-hybridized carbons (Fsp3) is 0.143. The van der Waals surface area contributed by atoms with Crippen molar-refractivity contribution in [3.8, 4) is 0 Å². The van der Waals surface area contributed by atoms with Gasteiger partial charge in [-0.15, -0.1) is 0 Å². The Bertz CT molecular complexity index is 1140. The summed E-state index contributed by atoms with van der Waals surface area (Å²) in [7, 11) is 0. The van der Waals surface area contributed by atoms with E-state index in [0.717, 1.165) is 33.4 Å². The molecule has 0 amide bonds. The van der Waals surface area contributed by atoms with E-state index in [1.165, 1.54) is 11.1 Å². The first-order valence-corrected chi connectivity index (χ1v) is 10.4. The number of hydrogen-bond donors (Lipinski definition) is 0. The van der Waals surface area contributed by atoms with Crippen molar-refractivity contribution in [3.63, 3.8) is 0 Å². The maximum atomic E-state index is 6.50. The summed E-state index contributed by atoms with van der Waals surface area (Å²) in [5.74, 6) is 0. The molecule has 4 aromatic carbocycles. The molecule has 7 rings (SSSR count). The molecule has 0 atom stereocenters. The van der Waals surface area contributed by atoms with Crippen LogP contribution in [0.2, 0.25) is 0 Å². The predicted molar refractivity (Wildman–Crippen MR) is 117 cm³/mol. The monoisotopic (exact) mass is 390 g/mol. The molecule has 30 heavy (non-hydrogen) atoms. The van der Waals surface area contributed by atoms with Crippen molar-refractivity contribution >= 4 is 0 Å². The molecule has 1 aliphatic carbocycles. The molecular formula is C28H22O2. The number of hydrogen-bond acceptors (Lipinski definition) is 2. The van der Waals surface area contributed by atoms with Crippen molar-refractivity contribution in [2.45, 2.75) is 25.0 Å². The van der Waals surface area contributed by atoms with Gasteiger partial charge in [-0.25, -0.2) is 9.78 Å². The van der Waals surface area contributed by atoms with Crippen LogP contribution >= 0.6 is 0 Å². The molecule has 0 unspecified atom stereocenters. The largest absolute Gasteiger partial charge is 0.214 e. The first kappa shape index (κ1) is 17.6. The molecule has 146 valence electrons. The molecule has 0 radical (unpaired) electrons. The van der Waals surface area contributed by atoms with Crippen LogP contribution in [0.1, 0.15) is 44.5 Å². The van der Waals surface area contributed by atoms with Gasteiger partial charge >= 0.3 is 0 Å². The van der Waals surface area contributed by atoms with E-state index in [0.29, 0.717) is 0 Å². The SMILES string of the molecule is Cc1ccccc1C12OOC(c3ccccc3C)(c3ccccc31)c1ccccc12. The third-order valence-corrected chi connectivity index (χ3v) is 6.71. The van der Waals surface area contributed by atoms with Crippen molar-refractivity contribution in [1.29, 1.82) is 0 Å². The summed E-state index contributed by atoms with van der Waals surface area (Å²) < 4.78 is 0. The standard InChI is InChI=1S/C28H22O2/c1-19-11-3-5-13-21(19)27-23-15-7-9-17-25(23)28(30-29-27,22-14-6-4-12-20(22)2)26-18-10-8-16-24(26)27/h3-18H,1-2H3. The smallest absolute Gasteiger partial charge is 0.180 e. The Morgan fingerprint density at radius 3 is 0.967 bits per heavy atom. The van der Waals surface area contributed by atoms with E-state index in [4.69, 9.17) is 9.78 Å². The lowest BCUT2D eigenvalue weighted by Gasteiger charge is -2.54. The molecule has 2 heteroatoms. The van der Waals surface area contributed by atoms with Crippen LogP contribution in [0.15, 0.2) is 97.1 Å². The summed E-state index contributed by atoms with van der Waals surface area (Å²) in [5.41, 5.74) is 7.59. The van der Waals surface area contributed by atoms with E-state index in [1.54, 1.807) is 0 Å². The Hall–Kier alpha value is -3.20. The van der Waals surface area contributed by atoms with Crippen LogP contribution in [0.3, 0.4) is 0 Å². The van der Waals surface area contributed by atoms with E-state index in [-0.39, 0.29) is 0 Å². The lowest BCUT2D eigenvalue weighted by molar-refractivity contribution is -0.410. The predicted octanol–water partition coefficient (Wildman–Crippen LogP) is 6.16. The van der Waals surface area contributed by atoms with Crippen molar-refractivity contribution in [2.75, 3.05) is 0 Å². The zero-order valence-corrected chi connectivity index (χ0v) is 17.1. The van der Waals surface area contributed by atoms with Gasteiger partial charge in [-0.05, 0) is 36.1 Å². The number of benzene rings is 4. The second kappa shape index (κ2) is 6.15. The van der Waals surface area contributed by atoms with Gasteiger partial charge in [-0.1, -0.05) is 97.1 Å². The van der Waals surface area contributed by atoms with Gasteiger partial charge in [0.05, 0.1) is 0 Å². The van der Waals surface area contributed by atoms with Crippen LogP contribution in [0.4, 0.5) is 0 Å². The Kier molecular flexibility index (Phi) is 3.62. The highest BCUT2D eigenvalue weighted by molar-refractivity contribution is 5.67. The van der Waals surface area contributed by atoms with Crippen LogP contribution in [-0.2, 0) is 21.0 Å². The average Bonchev–Trinajstić information content (AvgIpc) is 2.80. The quantitative estimate of drug-likeness (QED) is 0.382. The maximum Gasteiger partial charge on any atom is 0.180 e. The Morgan fingerprint density at radius 1 is 0.400 bits per heavy atom. The second-order valence-electron chi connectivity index (χ2n) is 8.25. The summed E-state index contributed by atoms with van der Waals surface area (Å²) in [6, 6.07) is 34.0. The maximum absolute atomic E-state index is 6.50. The molecule has 3 aliphatic rings. The Morgan fingerprint density at radius 2 is 0.667 bits per heavy atom. The molecule has 2 bridgehead atoms. The molecule has 0 spiro atoms. The molecule has 0 N–H and O–H groups in total. The van der Waals surface area contributed by atoms with Crippen molar-refractivity contribution < 1.29 is 9.78 Å². The molecular weight excluding hydrogens is 368 g/mol. The van der Waals surface area contributed by atoms with Crippen LogP contribution in [-0.4, -0.2) is 0 Å². The number of aryl methyl sites for hydroxylation is 2. The van der Waals surface area contributed by atoms with E-state index in [2.05, 4.69) is 111 Å². The second-order valence-corrected chi connectivity index (χ2v) is 8.25. The van der Waals surface area contributed by atoms with E-state index in [9.17, 15) is 0 Å². The first-order chi connectivity index (χ1) is 14.7. The third kappa shape index (κ3) is 2.00. The van der Waals surface area contributed by atoms with Crippen LogP contribution in [0, 0.1) is 13.8 Å². The van der Waals surface area contributed by atoms with Crippen molar-refractivity contribution in [1.82, 2.24) is 0 Å². The molecule has 0 saturated carbocycles. The van der Waals surface area contributed by atoms with Gasteiger partial charge < -0.3 is 0 Å². The van der Waals surface area contributed by atoms with Gasteiger partial charge in [0.25, 0.3) is 0 Å². The van der Waals surface area contributed by atoms with Gasteiger partial charge in [-0.3, -0.25) is 0 Å². The highest BCUT2D eigenvalue weighted by Gasteiger charge is 2.61. The van der Waals surface area contributed by atoms with E-state index < -0.39 is 11.2 Å². The molecule has 0 fully saturated rings. The van der Waals surface area contributed by atoms with E-state index >= 15 is 0 Å². The minimum atomic E-state index is -0.789. The van der Waals surface area contributed by atoms with Crippen LogP contribution < -0.4 is 0 Å². The Labute approximate surface area is 176 Å².